The van der Waals surface area contributed by atoms with Crippen LogP contribution in [0.5, 0.6) is 0 Å². The predicted molar refractivity (Wildman–Crippen MR) is 90.7 cm³/mol. The quantitative estimate of drug-likeness (QED) is 0.720. The summed E-state index contributed by atoms with van der Waals surface area (Å²) in [6.07, 6.45) is 2.22. The first kappa shape index (κ1) is 18.6. The van der Waals surface area contributed by atoms with Crippen molar-refractivity contribution in [1.29, 1.82) is 0 Å². The van der Waals surface area contributed by atoms with E-state index in [0.29, 0.717) is 18.5 Å². The zero-order valence-electron chi connectivity index (χ0n) is 14.5. The zero-order chi connectivity index (χ0) is 17.0. The second-order valence-electron chi connectivity index (χ2n) is 6.87. The summed E-state index contributed by atoms with van der Waals surface area (Å²) in [7, 11) is -3.11. The largest absolute Gasteiger partial charge is 0.342 e. The average molecular weight is 346 g/mol. The molecule has 2 fully saturated rings. The van der Waals surface area contributed by atoms with Crippen molar-refractivity contribution in [3.63, 3.8) is 0 Å². The molecule has 2 atom stereocenters. The summed E-state index contributed by atoms with van der Waals surface area (Å²) in [6.45, 7) is 10.8. The minimum atomic E-state index is -3.11. The average Bonchev–Trinajstić information content (AvgIpc) is 2.66. The summed E-state index contributed by atoms with van der Waals surface area (Å²) >= 11 is 0. The molecule has 2 saturated heterocycles. The maximum Gasteiger partial charge on any atom is 0.219 e. The Bertz CT molecular complexity index is 511. The second-order valence-corrected chi connectivity index (χ2v) is 8.70. The maximum atomic E-state index is 11.5. The van der Waals surface area contributed by atoms with E-state index < -0.39 is 10.0 Å². The van der Waals surface area contributed by atoms with Crippen LogP contribution >= 0.6 is 0 Å². The van der Waals surface area contributed by atoms with Gasteiger partial charge in [-0.05, 0) is 12.3 Å². The smallest absolute Gasteiger partial charge is 0.219 e. The Balaban J connectivity index is 1.82. The topological polar surface area (TPSA) is 73.0 Å². The third-order valence-electron chi connectivity index (χ3n) is 4.89. The molecule has 2 heterocycles. The first-order valence-electron chi connectivity index (χ1n) is 8.43. The van der Waals surface area contributed by atoms with Gasteiger partial charge < -0.3 is 9.80 Å². The second kappa shape index (κ2) is 7.92. The van der Waals surface area contributed by atoms with Gasteiger partial charge in [0.25, 0.3) is 0 Å². The van der Waals surface area contributed by atoms with Gasteiger partial charge in [0.15, 0.2) is 0 Å². The zero-order valence-corrected chi connectivity index (χ0v) is 15.3. The number of hydrogen-bond donors (Lipinski definition) is 1. The van der Waals surface area contributed by atoms with Crippen LogP contribution in [0.2, 0.25) is 0 Å². The number of rotatable bonds is 5. The highest BCUT2D eigenvalue weighted by Gasteiger charge is 2.34. The van der Waals surface area contributed by atoms with Crippen molar-refractivity contribution in [2.45, 2.75) is 26.3 Å². The Morgan fingerprint density at radius 1 is 1.17 bits per heavy atom. The van der Waals surface area contributed by atoms with E-state index in [9.17, 15) is 13.2 Å². The van der Waals surface area contributed by atoms with E-state index in [0.717, 1.165) is 52.2 Å². The molecule has 134 valence electrons. The van der Waals surface area contributed by atoms with Gasteiger partial charge in [0.2, 0.25) is 15.9 Å². The van der Waals surface area contributed by atoms with E-state index in [-0.39, 0.29) is 5.91 Å². The van der Waals surface area contributed by atoms with Crippen LogP contribution < -0.4 is 4.72 Å². The predicted octanol–water partition coefficient (Wildman–Crippen LogP) is -0.590. The molecule has 0 spiro atoms. The van der Waals surface area contributed by atoms with Crippen molar-refractivity contribution < 1.29 is 13.2 Å². The lowest BCUT2D eigenvalue weighted by molar-refractivity contribution is -0.128. The number of sulfonamides is 1. The Labute approximate surface area is 140 Å². The molecule has 7 nitrogen and oxygen atoms in total. The van der Waals surface area contributed by atoms with Crippen LogP contribution in [0.1, 0.15) is 20.3 Å². The van der Waals surface area contributed by atoms with E-state index in [1.165, 1.54) is 6.26 Å². The Hall–Kier alpha value is -0.700. The first-order chi connectivity index (χ1) is 10.8. The van der Waals surface area contributed by atoms with Crippen molar-refractivity contribution in [2.24, 2.45) is 5.92 Å². The number of carbonyl (C=O) groups is 1. The lowest BCUT2D eigenvalue weighted by Gasteiger charge is -2.30. The number of amides is 1. The van der Waals surface area contributed by atoms with Gasteiger partial charge in [-0.15, -0.1) is 0 Å². The third-order valence-corrected chi connectivity index (χ3v) is 5.61. The molecule has 1 N–H and O–H groups in total. The molecule has 0 bridgehead atoms. The highest BCUT2D eigenvalue weighted by Crippen LogP contribution is 2.22. The van der Waals surface area contributed by atoms with E-state index in [1.54, 1.807) is 6.92 Å². The molecule has 23 heavy (non-hydrogen) atoms. The molecular formula is C15H30N4O3S. The monoisotopic (exact) mass is 346 g/mol. The molecule has 0 radical (unpaired) electrons. The van der Waals surface area contributed by atoms with Gasteiger partial charge in [0.1, 0.15) is 0 Å². The lowest BCUT2D eigenvalue weighted by atomic mass is 10.0. The Morgan fingerprint density at radius 3 is 2.57 bits per heavy atom. The third kappa shape index (κ3) is 5.70. The molecule has 2 rings (SSSR count). The van der Waals surface area contributed by atoms with E-state index >= 15 is 0 Å². The van der Waals surface area contributed by atoms with E-state index in [4.69, 9.17) is 0 Å². The molecule has 1 amide bonds. The van der Waals surface area contributed by atoms with Gasteiger partial charge in [-0.2, -0.15) is 0 Å². The molecule has 0 aromatic carbocycles. The molecule has 0 aromatic rings. The van der Waals surface area contributed by atoms with Gasteiger partial charge >= 0.3 is 0 Å². The minimum absolute atomic E-state index is 0.166. The number of nitrogens with zero attached hydrogens (tertiary/aromatic N) is 3. The van der Waals surface area contributed by atoms with Gasteiger partial charge in [-0.3, -0.25) is 9.69 Å². The molecule has 2 unspecified atom stereocenters. The van der Waals surface area contributed by atoms with Crippen molar-refractivity contribution >= 4 is 15.9 Å². The molecular weight excluding hydrogens is 316 g/mol. The number of hydrogen-bond acceptors (Lipinski definition) is 5. The standard InChI is InChI=1S/C15H30N4O3S/c1-13-11-17(8-5-16-23(3,21)22)12-15(13)19-7-4-6-18(9-10-19)14(2)20/h13,15-16H,4-12H2,1-3H3. The SMILES string of the molecule is CC(=O)N1CCCN(C2CN(CCNS(C)(=O)=O)CC2C)CC1. The molecule has 0 aromatic heterocycles. The fourth-order valence-electron chi connectivity index (χ4n) is 3.68. The minimum Gasteiger partial charge on any atom is -0.342 e. The Morgan fingerprint density at radius 2 is 1.91 bits per heavy atom. The first-order valence-corrected chi connectivity index (χ1v) is 10.3. The van der Waals surface area contributed by atoms with Gasteiger partial charge in [0, 0.05) is 65.3 Å². The molecule has 0 aliphatic carbocycles. The van der Waals surface area contributed by atoms with Crippen LogP contribution in [-0.4, -0.2) is 93.7 Å². The maximum absolute atomic E-state index is 11.5. The summed E-state index contributed by atoms with van der Waals surface area (Å²) in [6, 6.07) is 0.500. The van der Waals surface area contributed by atoms with Gasteiger partial charge in [-0.25, -0.2) is 13.1 Å². The van der Waals surface area contributed by atoms with Gasteiger partial charge in [-0.1, -0.05) is 6.92 Å². The summed E-state index contributed by atoms with van der Waals surface area (Å²) in [4.78, 5) is 18.3. The van der Waals surface area contributed by atoms with E-state index in [1.807, 2.05) is 4.90 Å². The highest BCUT2D eigenvalue weighted by molar-refractivity contribution is 7.88. The molecule has 2 aliphatic heterocycles. The van der Waals surface area contributed by atoms with Crippen molar-refractivity contribution in [3.8, 4) is 0 Å². The molecule has 8 heteroatoms. The summed E-state index contributed by atoms with van der Waals surface area (Å²) in [5.74, 6) is 0.733. The number of likely N-dealkylation sites (tertiary alicyclic amines) is 1. The van der Waals surface area contributed by atoms with Crippen molar-refractivity contribution in [2.75, 3.05) is 58.6 Å². The van der Waals surface area contributed by atoms with Crippen LogP contribution in [0.4, 0.5) is 0 Å². The van der Waals surface area contributed by atoms with E-state index in [2.05, 4.69) is 21.4 Å². The molecule has 0 saturated carbocycles. The van der Waals surface area contributed by atoms with Crippen molar-refractivity contribution in [3.05, 3.63) is 0 Å². The van der Waals surface area contributed by atoms with Crippen LogP contribution in [0.25, 0.3) is 0 Å². The summed E-state index contributed by atoms with van der Waals surface area (Å²) in [5, 5.41) is 0. The van der Waals surface area contributed by atoms with Crippen LogP contribution in [-0.2, 0) is 14.8 Å². The number of carbonyl (C=O) groups excluding carboxylic acids is 1. The van der Waals surface area contributed by atoms with Crippen LogP contribution in [0.15, 0.2) is 0 Å². The fraction of sp³-hybridized carbons (Fsp3) is 0.933. The highest BCUT2D eigenvalue weighted by atomic mass is 32.2. The van der Waals surface area contributed by atoms with Crippen molar-refractivity contribution in [1.82, 2.24) is 19.4 Å². The fourth-order valence-corrected chi connectivity index (χ4v) is 4.14. The number of nitrogens with one attached hydrogen (secondary N) is 1. The van der Waals surface area contributed by atoms with Crippen LogP contribution in [0, 0.1) is 5.92 Å². The lowest BCUT2D eigenvalue weighted by Crippen LogP contribution is -2.43. The van der Waals surface area contributed by atoms with Crippen LogP contribution in [0.3, 0.4) is 0 Å². The normalized spacial score (nSPS) is 28.0. The summed E-state index contributed by atoms with van der Waals surface area (Å²) in [5.41, 5.74) is 0. The Kier molecular flexibility index (Phi) is 6.41. The molecule has 2 aliphatic rings. The summed E-state index contributed by atoms with van der Waals surface area (Å²) < 4.78 is 24.8. The van der Waals surface area contributed by atoms with Gasteiger partial charge in [0.05, 0.1) is 6.26 Å².